The number of amides is 1. The second-order valence-electron chi connectivity index (χ2n) is 5.56. The van der Waals surface area contributed by atoms with Crippen molar-refractivity contribution >= 4 is 28.3 Å². The molecule has 0 saturated heterocycles. The molecule has 0 bridgehead atoms. The van der Waals surface area contributed by atoms with Crippen molar-refractivity contribution in [1.82, 2.24) is 4.98 Å². The number of anilines is 1. The van der Waals surface area contributed by atoms with E-state index in [-0.39, 0.29) is 5.91 Å². The molecule has 6 heteroatoms. The van der Waals surface area contributed by atoms with Crippen molar-refractivity contribution in [3.8, 4) is 0 Å². The summed E-state index contributed by atoms with van der Waals surface area (Å²) in [5.74, 6) is -1.76. The lowest BCUT2D eigenvalue weighted by atomic mass is 9.79. The van der Waals surface area contributed by atoms with Crippen molar-refractivity contribution in [3.63, 3.8) is 0 Å². The molecule has 1 aromatic heterocycles. The molecule has 1 amide bonds. The number of aliphatic carboxylic acids is 1. The van der Waals surface area contributed by atoms with E-state index in [2.05, 4.69) is 10.3 Å². The van der Waals surface area contributed by atoms with Gasteiger partial charge in [-0.1, -0.05) is 26.7 Å². The van der Waals surface area contributed by atoms with Gasteiger partial charge in [-0.05, 0) is 18.8 Å². The highest BCUT2D eigenvalue weighted by molar-refractivity contribution is 7.13. The number of carbonyl (C=O) groups is 2. The number of aromatic nitrogens is 1. The molecular weight excluding hydrogens is 276 g/mol. The van der Waals surface area contributed by atoms with E-state index in [1.807, 2.05) is 19.2 Å². The first-order chi connectivity index (χ1) is 9.49. The van der Waals surface area contributed by atoms with E-state index in [0.29, 0.717) is 23.9 Å². The maximum absolute atomic E-state index is 12.3. The lowest BCUT2D eigenvalue weighted by molar-refractivity contribution is -0.147. The Labute approximate surface area is 122 Å². The number of carboxylic acids is 1. The van der Waals surface area contributed by atoms with Crippen LogP contribution in [0.5, 0.6) is 0 Å². The summed E-state index contributed by atoms with van der Waals surface area (Å²) in [6, 6.07) is 0. The fourth-order valence-electron chi connectivity index (χ4n) is 2.55. The zero-order chi connectivity index (χ0) is 14.7. The molecule has 0 radical (unpaired) electrons. The van der Waals surface area contributed by atoms with Crippen molar-refractivity contribution in [3.05, 3.63) is 11.1 Å². The zero-order valence-electron chi connectivity index (χ0n) is 11.8. The Hall–Kier alpha value is -1.43. The summed E-state index contributed by atoms with van der Waals surface area (Å²) < 4.78 is 0. The molecule has 1 saturated carbocycles. The lowest BCUT2D eigenvalue weighted by Crippen LogP contribution is -2.36. The Morgan fingerprint density at radius 3 is 2.55 bits per heavy atom. The van der Waals surface area contributed by atoms with Crippen molar-refractivity contribution in [1.29, 1.82) is 0 Å². The average Bonchev–Trinajstić information content (AvgIpc) is 2.87. The van der Waals surface area contributed by atoms with E-state index in [1.165, 1.54) is 11.3 Å². The first kappa shape index (κ1) is 15.0. The third-order valence-corrected chi connectivity index (χ3v) is 4.54. The number of nitrogens with zero attached hydrogens (tertiary/aromatic N) is 1. The van der Waals surface area contributed by atoms with Gasteiger partial charge in [0.25, 0.3) is 0 Å². The number of carbonyl (C=O) groups excluding carboxylic acids is 1. The van der Waals surface area contributed by atoms with Crippen LogP contribution in [-0.4, -0.2) is 22.0 Å². The van der Waals surface area contributed by atoms with Gasteiger partial charge in [-0.2, -0.15) is 0 Å². The predicted molar refractivity (Wildman–Crippen MR) is 77.9 cm³/mol. The van der Waals surface area contributed by atoms with Crippen LogP contribution in [0.4, 0.5) is 5.13 Å². The normalized spacial score (nSPS) is 22.8. The third kappa shape index (κ3) is 3.36. The van der Waals surface area contributed by atoms with Gasteiger partial charge in [0.05, 0.1) is 17.5 Å². The predicted octanol–water partition coefficient (Wildman–Crippen LogP) is 3.10. The minimum Gasteiger partial charge on any atom is -0.481 e. The summed E-state index contributed by atoms with van der Waals surface area (Å²) in [6.07, 6.45) is 3.03. The molecular formula is C14H20N2O3S. The molecule has 1 fully saturated rings. The maximum Gasteiger partial charge on any atom is 0.307 e. The van der Waals surface area contributed by atoms with E-state index in [9.17, 15) is 14.7 Å². The van der Waals surface area contributed by atoms with Gasteiger partial charge in [-0.15, -0.1) is 11.3 Å². The summed E-state index contributed by atoms with van der Waals surface area (Å²) in [5, 5.41) is 14.5. The number of thiazole rings is 1. The molecule has 0 aliphatic heterocycles. The van der Waals surface area contributed by atoms with Crippen molar-refractivity contribution in [2.24, 2.45) is 11.8 Å². The summed E-state index contributed by atoms with van der Waals surface area (Å²) >= 11 is 1.39. The van der Waals surface area contributed by atoms with Crippen LogP contribution in [-0.2, 0) is 9.59 Å². The van der Waals surface area contributed by atoms with E-state index in [0.717, 1.165) is 18.5 Å². The quantitative estimate of drug-likeness (QED) is 0.894. The molecule has 2 unspecified atom stereocenters. The molecule has 2 atom stereocenters. The van der Waals surface area contributed by atoms with Crippen LogP contribution < -0.4 is 5.32 Å². The van der Waals surface area contributed by atoms with Crippen LogP contribution in [0, 0.1) is 11.8 Å². The fourth-order valence-corrected chi connectivity index (χ4v) is 3.42. The molecule has 110 valence electrons. The highest BCUT2D eigenvalue weighted by Crippen LogP contribution is 2.32. The van der Waals surface area contributed by atoms with Gasteiger partial charge in [-0.25, -0.2) is 4.98 Å². The van der Waals surface area contributed by atoms with Crippen LogP contribution in [0.15, 0.2) is 5.38 Å². The summed E-state index contributed by atoms with van der Waals surface area (Å²) in [6.45, 7) is 4.09. The van der Waals surface area contributed by atoms with Gasteiger partial charge in [0, 0.05) is 5.38 Å². The van der Waals surface area contributed by atoms with Crippen LogP contribution >= 0.6 is 11.3 Å². The van der Waals surface area contributed by atoms with Gasteiger partial charge in [-0.3, -0.25) is 9.59 Å². The van der Waals surface area contributed by atoms with Gasteiger partial charge >= 0.3 is 5.97 Å². The molecule has 0 spiro atoms. The lowest BCUT2D eigenvalue weighted by Gasteiger charge is -2.26. The standard InChI is InChI=1S/C14H20N2O3S/c1-8(2)11-7-20-14(15-11)16-12(17)9-5-3-4-6-10(9)13(18)19/h7-10H,3-6H2,1-2H3,(H,18,19)(H,15,16,17). The van der Waals surface area contributed by atoms with E-state index < -0.39 is 17.8 Å². The number of hydrogen-bond donors (Lipinski definition) is 2. The average molecular weight is 296 g/mol. The molecule has 2 rings (SSSR count). The summed E-state index contributed by atoms with van der Waals surface area (Å²) in [7, 11) is 0. The van der Waals surface area contributed by atoms with E-state index >= 15 is 0 Å². The van der Waals surface area contributed by atoms with E-state index in [1.54, 1.807) is 0 Å². The molecule has 1 aliphatic rings. The van der Waals surface area contributed by atoms with E-state index in [4.69, 9.17) is 0 Å². The van der Waals surface area contributed by atoms with Gasteiger partial charge in [0.15, 0.2) is 5.13 Å². The smallest absolute Gasteiger partial charge is 0.307 e. The van der Waals surface area contributed by atoms with Crippen molar-refractivity contribution in [2.45, 2.75) is 45.4 Å². The fraction of sp³-hybridized carbons (Fsp3) is 0.643. The molecule has 1 aliphatic carbocycles. The van der Waals surface area contributed by atoms with Gasteiger partial charge < -0.3 is 10.4 Å². The topological polar surface area (TPSA) is 79.3 Å². The van der Waals surface area contributed by atoms with Crippen molar-refractivity contribution in [2.75, 3.05) is 5.32 Å². The minimum absolute atomic E-state index is 0.207. The second kappa shape index (κ2) is 6.35. The zero-order valence-corrected chi connectivity index (χ0v) is 12.6. The largest absolute Gasteiger partial charge is 0.481 e. The Morgan fingerprint density at radius 1 is 1.35 bits per heavy atom. The summed E-state index contributed by atoms with van der Waals surface area (Å²) in [4.78, 5) is 27.8. The number of hydrogen-bond acceptors (Lipinski definition) is 4. The number of carboxylic acid groups (broad SMARTS) is 1. The highest BCUT2D eigenvalue weighted by Gasteiger charge is 2.35. The maximum atomic E-state index is 12.3. The molecule has 20 heavy (non-hydrogen) atoms. The molecule has 2 N–H and O–H groups in total. The number of nitrogens with one attached hydrogen (secondary N) is 1. The number of rotatable bonds is 4. The molecule has 1 heterocycles. The Kier molecular flexibility index (Phi) is 4.75. The van der Waals surface area contributed by atoms with Crippen LogP contribution in [0.3, 0.4) is 0 Å². The minimum atomic E-state index is -0.869. The van der Waals surface area contributed by atoms with Gasteiger partial charge in [0.2, 0.25) is 5.91 Å². The van der Waals surface area contributed by atoms with Gasteiger partial charge in [0.1, 0.15) is 0 Å². The Balaban J connectivity index is 2.04. The van der Waals surface area contributed by atoms with Crippen LogP contribution in [0.2, 0.25) is 0 Å². The first-order valence-corrected chi connectivity index (χ1v) is 7.86. The molecule has 0 aromatic carbocycles. The highest BCUT2D eigenvalue weighted by atomic mass is 32.1. The van der Waals surface area contributed by atoms with Crippen molar-refractivity contribution < 1.29 is 14.7 Å². The monoisotopic (exact) mass is 296 g/mol. The third-order valence-electron chi connectivity index (χ3n) is 3.76. The summed E-state index contributed by atoms with van der Waals surface area (Å²) in [5.41, 5.74) is 0.948. The second-order valence-corrected chi connectivity index (χ2v) is 6.42. The van der Waals surface area contributed by atoms with Crippen LogP contribution in [0.1, 0.15) is 51.1 Å². The van der Waals surface area contributed by atoms with Crippen LogP contribution in [0.25, 0.3) is 0 Å². The SMILES string of the molecule is CC(C)c1csc(NC(=O)C2CCCCC2C(=O)O)n1. The Bertz CT molecular complexity index is 498. The molecule has 1 aromatic rings. The Morgan fingerprint density at radius 2 is 2.00 bits per heavy atom. The molecule has 5 nitrogen and oxygen atoms in total. The first-order valence-electron chi connectivity index (χ1n) is 6.98.